The molecule has 1 aromatic carbocycles. The molecule has 1 fully saturated rings. The molecule has 43 nitrogen and oxygen atoms in total. The van der Waals surface area contributed by atoms with Gasteiger partial charge in [-0.05, 0) is 194 Å². The lowest BCUT2D eigenvalue weighted by molar-refractivity contribution is -0.154. The summed E-state index contributed by atoms with van der Waals surface area (Å²) in [5.41, 5.74) is -5.53. The van der Waals surface area contributed by atoms with Gasteiger partial charge >= 0.3 is 36.4 Å². The van der Waals surface area contributed by atoms with E-state index in [1.165, 1.54) is 0 Å². The Balaban J connectivity index is 3.11. The third-order valence-corrected chi connectivity index (χ3v) is 17.9. The van der Waals surface area contributed by atoms with Gasteiger partial charge in [-0.1, -0.05) is 51.1 Å². The van der Waals surface area contributed by atoms with Gasteiger partial charge in [0, 0.05) is 45.7 Å². The molecule has 1 aromatic rings. The number of rotatable bonds is 35. The summed E-state index contributed by atoms with van der Waals surface area (Å²) in [4.78, 5) is 254. The maximum Gasteiger partial charge on any atom is 0.408 e. The standard InChI is InChI=1S/C83H139N17O26/c1-23-83(21,22)72(115)121-42-35-58(103)91-50(29-36-84-59(104)45-90-77(120)126-82(18,19)20)66(109)100-61(48(5)102)71(114)96-54(33-40-88-75(118)124-80(12,13)14)64(107)92-51-30-37-85-70(113)60(47(4)101)99-67(110)55(34-41-89-76(119)125-81(15,16)17)94-63(106)52(31-38-86-73(116)122-78(6,7)8)95-68(111)56(43-46(2)3)97-69(112)57(44-49-27-25-24-26-28-49)98-65(108)53(93-62(51)105)32-39-87-74(117)123-79(9,10)11/h24-28,46-48,50-57,60-61,101-102H,23,29-45H2,1-22H3,(H,84,104)(H,85,113)(H,86,116)(H,87,117)(H,88,118)(H,89,119)(H,90,120)(H,91,103)(H,92,107)(H,93,105)(H,94,106)(H,95,111)(H,96,114)(H,97,112)(H,98,108)(H,99,110)(H,100,109)/t47?,48?,50-,51-,52-,53-,54-,55-,56-,57+,60-,61-/m0/s1. The highest BCUT2D eigenvalue weighted by molar-refractivity contribution is 6.00. The molecule has 126 heavy (non-hydrogen) atoms. The van der Waals surface area contributed by atoms with Crippen LogP contribution in [0.3, 0.4) is 0 Å². The topological polar surface area (TPSA) is 608 Å². The summed E-state index contributed by atoms with van der Waals surface area (Å²) >= 11 is 0. The lowest BCUT2D eigenvalue weighted by atomic mass is 9.91. The van der Waals surface area contributed by atoms with Crippen LogP contribution in [0.1, 0.15) is 216 Å². The first-order valence-corrected chi connectivity index (χ1v) is 42.2. The molecular formula is C83H139N17O26. The van der Waals surface area contributed by atoms with Crippen LogP contribution in [0, 0.1) is 11.3 Å². The summed E-state index contributed by atoms with van der Waals surface area (Å²) in [5, 5.41) is 65.0. The van der Waals surface area contributed by atoms with Crippen molar-refractivity contribution in [2.45, 2.75) is 317 Å². The first kappa shape index (κ1) is 111. The fourth-order valence-corrected chi connectivity index (χ4v) is 11.3. The van der Waals surface area contributed by atoms with Crippen LogP contribution in [0.15, 0.2) is 30.3 Å². The molecule has 0 spiro atoms. The van der Waals surface area contributed by atoms with Gasteiger partial charge in [-0.25, -0.2) is 24.0 Å². The summed E-state index contributed by atoms with van der Waals surface area (Å²) < 4.78 is 32.1. The van der Waals surface area contributed by atoms with E-state index in [-0.39, 0.29) is 25.9 Å². The van der Waals surface area contributed by atoms with E-state index in [2.05, 4.69) is 90.4 Å². The Kier molecular flexibility index (Phi) is 45.6. The number of ether oxygens (including phenoxy) is 6. The van der Waals surface area contributed by atoms with E-state index in [0.717, 1.165) is 13.8 Å². The molecule has 1 aliphatic heterocycles. The summed E-state index contributed by atoms with van der Waals surface area (Å²) in [6.45, 7) is 30.4. The molecule has 0 radical (unpaired) electrons. The van der Waals surface area contributed by atoms with Crippen molar-refractivity contribution in [1.82, 2.24) is 90.4 Å². The summed E-state index contributed by atoms with van der Waals surface area (Å²) in [6, 6.07) is -9.97. The van der Waals surface area contributed by atoms with Gasteiger partial charge in [-0.2, -0.15) is 0 Å². The van der Waals surface area contributed by atoms with Crippen molar-refractivity contribution in [3.05, 3.63) is 35.9 Å². The van der Waals surface area contributed by atoms with Crippen molar-refractivity contribution in [3.8, 4) is 0 Å². The highest BCUT2D eigenvalue weighted by Crippen LogP contribution is 2.22. The van der Waals surface area contributed by atoms with Crippen LogP contribution in [-0.2, 0) is 97.2 Å². The van der Waals surface area contributed by atoms with Crippen LogP contribution in [0.25, 0.3) is 0 Å². The number of hydrogen-bond donors (Lipinski definition) is 19. The number of hydrogen-bond acceptors (Lipinski definition) is 26. The second kappa shape index (κ2) is 51.9. The number of carbonyl (C=O) groups excluding carboxylic acids is 18. The number of amides is 17. The first-order valence-electron chi connectivity index (χ1n) is 42.2. The summed E-state index contributed by atoms with van der Waals surface area (Å²) in [6.07, 6.45) is -12.2. The maximum absolute atomic E-state index is 15.4. The zero-order chi connectivity index (χ0) is 96.0. The zero-order valence-electron chi connectivity index (χ0n) is 76.8. The normalized spacial score (nSPS) is 19.3. The van der Waals surface area contributed by atoms with E-state index < -0.39 is 304 Å². The Hall–Kier alpha value is -11.4. The second-order valence-electron chi connectivity index (χ2n) is 36.4. The maximum atomic E-state index is 15.4. The van der Waals surface area contributed by atoms with Crippen LogP contribution in [0.4, 0.5) is 24.0 Å². The Labute approximate surface area is 736 Å². The molecule has 0 bridgehead atoms. The fraction of sp³-hybridized carbons (Fsp3) is 0.711. The van der Waals surface area contributed by atoms with E-state index >= 15 is 19.2 Å². The Morgan fingerprint density at radius 1 is 0.444 bits per heavy atom. The third kappa shape index (κ3) is 46.5. The molecule has 1 aliphatic rings. The molecule has 2 rings (SSSR count). The number of nitrogens with one attached hydrogen (secondary N) is 17. The summed E-state index contributed by atoms with van der Waals surface area (Å²) in [5.74, 6) is -14.3. The van der Waals surface area contributed by atoms with E-state index in [1.807, 2.05) is 0 Å². The van der Waals surface area contributed by atoms with E-state index in [0.29, 0.717) is 12.0 Å². The highest BCUT2D eigenvalue weighted by atomic mass is 16.6. The van der Waals surface area contributed by atoms with Crippen molar-refractivity contribution in [1.29, 1.82) is 0 Å². The molecule has 0 aliphatic carbocycles. The Bertz CT molecular complexity index is 3850. The molecule has 712 valence electrons. The number of aliphatic hydroxyl groups is 2. The van der Waals surface area contributed by atoms with Crippen LogP contribution >= 0.6 is 0 Å². The van der Waals surface area contributed by atoms with Gasteiger partial charge in [-0.15, -0.1) is 0 Å². The smallest absolute Gasteiger partial charge is 0.408 e. The number of carbonyl (C=O) groups is 18. The van der Waals surface area contributed by atoms with E-state index in [1.54, 1.807) is 169 Å². The van der Waals surface area contributed by atoms with Crippen LogP contribution in [0.5, 0.6) is 0 Å². The van der Waals surface area contributed by atoms with Gasteiger partial charge in [0.25, 0.3) is 0 Å². The lowest BCUT2D eigenvalue weighted by Gasteiger charge is -2.29. The zero-order valence-corrected chi connectivity index (χ0v) is 76.8. The molecule has 43 heteroatoms. The monoisotopic (exact) mass is 1790 g/mol. The first-order chi connectivity index (χ1) is 58.2. The second-order valence-corrected chi connectivity index (χ2v) is 36.4. The highest BCUT2D eigenvalue weighted by Gasteiger charge is 2.40. The van der Waals surface area contributed by atoms with Crippen molar-refractivity contribution < 1.29 is 125 Å². The van der Waals surface area contributed by atoms with Gasteiger partial charge in [0.15, 0.2) is 0 Å². The number of benzene rings is 1. The molecule has 0 saturated carbocycles. The van der Waals surface area contributed by atoms with Crippen molar-refractivity contribution in [2.75, 3.05) is 52.4 Å². The molecular weight excluding hydrogens is 1650 g/mol. The van der Waals surface area contributed by atoms with Gasteiger partial charge < -0.3 is 129 Å². The number of alkyl carbamates (subject to hydrolysis) is 5. The fourth-order valence-electron chi connectivity index (χ4n) is 11.3. The molecule has 19 N–H and O–H groups in total. The summed E-state index contributed by atoms with van der Waals surface area (Å²) in [7, 11) is 0. The molecule has 1 saturated heterocycles. The van der Waals surface area contributed by atoms with Gasteiger partial charge in [0.1, 0.15) is 95.0 Å². The third-order valence-electron chi connectivity index (χ3n) is 17.9. The minimum absolute atomic E-state index is 0.143. The van der Waals surface area contributed by atoms with Crippen molar-refractivity contribution in [2.24, 2.45) is 11.3 Å². The van der Waals surface area contributed by atoms with Crippen molar-refractivity contribution >= 4 is 107 Å². The predicted octanol–water partition coefficient (Wildman–Crippen LogP) is 0.464. The average molecular weight is 1790 g/mol. The van der Waals surface area contributed by atoms with E-state index in [4.69, 9.17) is 28.4 Å². The van der Waals surface area contributed by atoms with Gasteiger partial charge in [-0.3, -0.25) is 62.3 Å². The van der Waals surface area contributed by atoms with Crippen molar-refractivity contribution in [3.63, 3.8) is 0 Å². The number of aliphatic hydroxyl groups excluding tert-OH is 2. The quantitative estimate of drug-likeness (QED) is 0.0324. The van der Waals surface area contributed by atoms with Crippen LogP contribution < -0.4 is 90.4 Å². The molecule has 2 unspecified atom stereocenters. The molecule has 12 atom stereocenters. The van der Waals surface area contributed by atoms with Gasteiger partial charge in [0.05, 0.1) is 30.6 Å². The predicted molar refractivity (Wildman–Crippen MR) is 457 cm³/mol. The number of esters is 1. The minimum Gasteiger partial charge on any atom is -0.465 e. The van der Waals surface area contributed by atoms with Crippen LogP contribution in [0.2, 0.25) is 0 Å². The average Bonchev–Trinajstić information content (AvgIpc) is 1.01. The largest absolute Gasteiger partial charge is 0.465 e. The molecule has 0 aromatic heterocycles. The minimum atomic E-state index is -2.06. The Morgan fingerprint density at radius 2 is 0.841 bits per heavy atom. The SMILES string of the molecule is CCC(C)(C)C(=O)OCCC(=O)N[C@@H](CCNC(=O)CNC(=O)OC(C)(C)C)C(=O)N[C@H](C(=O)N[C@@H](CCNC(=O)OC(C)(C)C)C(=O)N[C@H]1CCNC(=O)[C@H](C(C)O)NC(=O)[C@H](CCNC(=O)OC(C)(C)C)NC(=O)[C@H](CCNC(=O)OC(C)(C)C)NC(=O)[C@H](CC(C)C)NC(=O)[C@@H](Cc2ccccc2)NC(=O)[C@H](CCNC(=O)OC(C)(C)C)NC1=O)C(C)O. The molecule has 1 heterocycles. The van der Waals surface area contributed by atoms with Gasteiger partial charge in [0.2, 0.25) is 70.9 Å². The van der Waals surface area contributed by atoms with Crippen LogP contribution in [-0.4, -0.2) is 271 Å². The Morgan fingerprint density at radius 3 is 1.28 bits per heavy atom. The lowest BCUT2D eigenvalue weighted by Crippen LogP contribution is -2.62. The van der Waals surface area contributed by atoms with E-state index in [9.17, 15) is 77.3 Å². The molecule has 17 amide bonds.